The standard InChI is InChI=1S/C18H14BrN3O3.Li.H/c19-10-5-6-11-13(9-10)20-18(24)15(11)17-16(21-25)12-3-1-2-4-14(12)22(17)7-8-23;;/h1-6,9,20,23-24H,7-8H2;;/q;+1;-1. The number of nitroso groups, excluding NO2 is 1. The molecule has 6 nitrogen and oxygen atoms in total. The monoisotopic (exact) mass is 407 g/mol. The average molecular weight is 408 g/mol. The normalized spacial score (nSPS) is 11.0. The molecule has 128 valence electrons. The number of aromatic hydroxyl groups is 1. The van der Waals surface area contributed by atoms with E-state index in [0.717, 1.165) is 20.9 Å². The molecular weight excluding hydrogens is 393 g/mol. The number of hydrogen-bond acceptors (Lipinski definition) is 4. The minimum Gasteiger partial charge on any atom is -1.00 e. The third-order valence-corrected chi connectivity index (χ3v) is 4.83. The van der Waals surface area contributed by atoms with Crippen molar-refractivity contribution in [3.05, 3.63) is 51.8 Å². The number of benzene rings is 2. The summed E-state index contributed by atoms with van der Waals surface area (Å²) in [5.41, 5.74) is 2.77. The van der Waals surface area contributed by atoms with Gasteiger partial charge in [0, 0.05) is 21.8 Å². The van der Waals surface area contributed by atoms with Crippen LogP contribution >= 0.6 is 15.9 Å². The molecule has 8 heteroatoms. The number of halogens is 1. The van der Waals surface area contributed by atoms with E-state index >= 15 is 0 Å². The van der Waals surface area contributed by atoms with E-state index in [1.165, 1.54) is 0 Å². The number of aliphatic hydroxyl groups is 1. The Balaban J connectivity index is 0.00000131. The van der Waals surface area contributed by atoms with Crippen molar-refractivity contribution in [3.8, 4) is 17.1 Å². The molecule has 2 heterocycles. The van der Waals surface area contributed by atoms with E-state index in [1.54, 1.807) is 0 Å². The van der Waals surface area contributed by atoms with E-state index in [1.807, 2.05) is 47.0 Å². The molecule has 0 aliphatic rings. The maximum absolute atomic E-state index is 11.6. The van der Waals surface area contributed by atoms with Crippen molar-refractivity contribution >= 4 is 43.4 Å². The maximum atomic E-state index is 11.6. The summed E-state index contributed by atoms with van der Waals surface area (Å²) in [5, 5.41) is 24.7. The molecule has 0 atom stereocenters. The third kappa shape index (κ3) is 2.77. The van der Waals surface area contributed by atoms with Gasteiger partial charge in [-0.15, -0.1) is 4.91 Å². The van der Waals surface area contributed by atoms with Crippen molar-refractivity contribution in [1.29, 1.82) is 0 Å². The number of nitrogens with one attached hydrogen (secondary N) is 1. The van der Waals surface area contributed by atoms with Gasteiger partial charge in [-0.2, -0.15) is 0 Å². The van der Waals surface area contributed by atoms with Gasteiger partial charge < -0.3 is 21.2 Å². The van der Waals surface area contributed by atoms with Gasteiger partial charge in [0.05, 0.1) is 28.9 Å². The van der Waals surface area contributed by atoms with Crippen LogP contribution in [0.15, 0.2) is 52.1 Å². The molecule has 0 radical (unpaired) electrons. The first-order chi connectivity index (χ1) is 12.2. The van der Waals surface area contributed by atoms with Crippen molar-refractivity contribution in [2.45, 2.75) is 6.54 Å². The van der Waals surface area contributed by atoms with Crippen LogP contribution in [0.3, 0.4) is 0 Å². The molecule has 0 saturated carbocycles. The van der Waals surface area contributed by atoms with Gasteiger partial charge in [-0.05, 0) is 23.4 Å². The van der Waals surface area contributed by atoms with E-state index in [9.17, 15) is 15.1 Å². The Kier molecular flexibility index (Phi) is 5.26. The molecule has 0 spiro atoms. The summed E-state index contributed by atoms with van der Waals surface area (Å²) in [6.45, 7) is 0.187. The molecular formula is C18H15BrLiN3O3. The Labute approximate surface area is 170 Å². The zero-order valence-electron chi connectivity index (χ0n) is 15.0. The zero-order valence-corrected chi connectivity index (χ0v) is 15.6. The Morgan fingerprint density at radius 2 is 1.96 bits per heavy atom. The number of nitrogens with zero attached hydrogens (tertiary/aromatic N) is 2. The van der Waals surface area contributed by atoms with Crippen LogP contribution in [0.5, 0.6) is 5.88 Å². The molecule has 0 aliphatic carbocycles. The van der Waals surface area contributed by atoms with Gasteiger partial charge in [0.2, 0.25) is 0 Å². The topological polar surface area (TPSA) is 90.6 Å². The number of aromatic amines is 1. The Hall–Kier alpha value is -2.04. The number of H-pyrrole nitrogens is 1. The van der Waals surface area contributed by atoms with Gasteiger partial charge in [0.25, 0.3) is 0 Å². The predicted octanol–water partition coefficient (Wildman–Crippen LogP) is 1.76. The zero-order chi connectivity index (χ0) is 17.6. The fourth-order valence-electron chi connectivity index (χ4n) is 3.36. The number of fused-ring (bicyclic) bond motifs is 2. The fraction of sp³-hybridized carbons (Fsp3) is 0.111. The van der Waals surface area contributed by atoms with Crippen molar-refractivity contribution in [2.24, 2.45) is 5.18 Å². The molecule has 26 heavy (non-hydrogen) atoms. The molecule has 4 rings (SSSR count). The summed E-state index contributed by atoms with van der Waals surface area (Å²) in [6.07, 6.45) is 0. The molecule has 0 saturated heterocycles. The Bertz CT molecular complexity index is 1130. The Morgan fingerprint density at radius 3 is 2.69 bits per heavy atom. The van der Waals surface area contributed by atoms with Crippen molar-refractivity contribution in [1.82, 2.24) is 9.55 Å². The van der Waals surface area contributed by atoms with Crippen molar-refractivity contribution in [3.63, 3.8) is 0 Å². The van der Waals surface area contributed by atoms with Crippen LogP contribution in [0.25, 0.3) is 33.1 Å². The van der Waals surface area contributed by atoms with Crippen LogP contribution in [0, 0.1) is 4.91 Å². The van der Waals surface area contributed by atoms with Crippen LogP contribution in [0.2, 0.25) is 0 Å². The molecule has 0 aliphatic heterocycles. The van der Waals surface area contributed by atoms with Crippen LogP contribution in [0.4, 0.5) is 5.69 Å². The molecule has 0 unspecified atom stereocenters. The maximum Gasteiger partial charge on any atom is 1.00 e. The number of aromatic nitrogens is 2. The van der Waals surface area contributed by atoms with Gasteiger partial charge in [0.15, 0.2) is 5.88 Å². The number of hydrogen-bond donors (Lipinski definition) is 3. The first-order valence-electron chi connectivity index (χ1n) is 7.71. The summed E-state index contributed by atoms with van der Waals surface area (Å²) >= 11 is 3.41. The predicted molar refractivity (Wildman–Crippen MR) is 102 cm³/mol. The SMILES string of the molecule is O=Nc1c(-c2c(O)[nH]c3cc(Br)ccc23)n(CCO)c2ccccc12.[H-].[Li+]. The molecule has 2 aromatic carbocycles. The molecule has 0 amide bonds. The number of rotatable bonds is 4. The molecule has 2 aromatic heterocycles. The first kappa shape index (κ1) is 18.7. The smallest absolute Gasteiger partial charge is 1.00 e. The largest absolute Gasteiger partial charge is 1.00 e. The Morgan fingerprint density at radius 1 is 1.19 bits per heavy atom. The molecule has 0 bridgehead atoms. The second-order valence-corrected chi connectivity index (χ2v) is 6.64. The minimum atomic E-state index is -0.0986. The summed E-state index contributed by atoms with van der Waals surface area (Å²) in [4.78, 5) is 14.6. The van der Waals surface area contributed by atoms with E-state index in [0.29, 0.717) is 16.6 Å². The van der Waals surface area contributed by atoms with Crippen LogP contribution in [-0.4, -0.2) is 26.4 Å². The van der Waals surface area contributed by atoms with Gasteiger partial charge in [-0.25, -0.2) is 0 Å². The molecule has 0 fully saturated rings. The van der Waals surface area contributed by atoms with E-state index in [-0.39, 0.29) is 45.0 Å². The summed E-state index contributed by atoms with van der Waals surface area (Å²) < 4.78 is 2.69. The first-order valence-corrected chi connectivity index (χ1v) is 8.51. The van der Waals surface area contributed by atoms with Crippen molar-refractivity contribution < 1.29 is 30.5 Å². The number of aliphatic hydroxyl groups excluding tert-OH is 1. The quantitative estimate of drug-likeness (QED) is 0.355. The van der Waals surface area contributed by atoms with E-state index in [4.69, 9.17) is 0 Å². The molecule has 4 aromatic rings. The van der Waals surface area contributed by atoms with Crippen LogP contribution in [0.1, 0.15) is 1.43 Å². The van der Waals surface area contributed by atoms with Crippen LogP contribution < -0.4 is 18.9 Å². The number of para-hydroxylation sites is 1. The van der Waals surface area contributed by atoms with Gasteiger partial charge in [-0.1, -0.05) is 40.2 Å². The summed E-state index contributed by atoms with van der Waals surface area (Å²) in [5.74, 6) is -0.0417. The van der Waals surface area contributed by atoms with Gasteiger partial charge in [-0.3, -0.25) is 0 Å². The second-order valence-electron chi connectivity index (χ2n) is 5.72. The minimum absolute atomic E-state index is 0. The third-order valence-electron chi connectivity index (χ3n) is 4.34. The molecule has 3 N–H and O–H groups in total. The summed E-state index contributed by atoms with van der Waals surface area (Å²) in [6, 6.07) is 13.0. The van der Waals surface area contributed by atoms with E-state index in [2.05, 4.69) is 26.1 Å². The van der Waals surface area contributed by atoms with Gasteiger partial charge >= 0.3 is 18.9 Å². The summed E-state index contributed by atoms with van der Waals surface area (Å²) in [7, 11) is 0. The van der Waals surface area contributed by atoms with Gasteiger partial charge in [0.1, 0.15) is 5.69 Å². The van der Waals surface area contributed by atoms with Crippen molar-refractivity contribution in [2.75, 3.05) is 6.61 Å². The van der Waals surface area contributed by atoms with E-state index < -0.39 is 0 Å². The fourth-order valence-corrected chi connectivity index (χ4v) is 3.72. The van der Waals surface area contributed by atoms with Crippen LogP contribution in [-0.2, 0) is 6.54 Å². The second kappa shape index (κ2) is 7.29. The average Bonchev–Trinajstić information content (AvgIpc) is 3.08.